The van der Waals surface area contributed by atoms with Crippen LogP contribution in [0, 0.1) is 0 Å². The summed E-state index contributed by atoms with van der Waals surface area (Å²) < 4.78 is 28.2. The minimum Gasteiger partial charge on any atom is -0.465 e. The van der Waals surface area contributed by atoms with Crippen molar-refractivity contribution in [3.63, 3.8) is 0 Å². The summed E-state index contributed by atoms with van der Waals surface area (Å²) in [7, 11) is 0. The molecule has 2 aromatic heterocycles. The number of anilines is 2. The molecule has 0 radical (unpaired) electrons. The van der Waals surface area contributed by atoms with Crippen LogP contribution < -0.4 is 9.80 Å². The molecule has 1 N–H and O–H groups in total. The van der Waals surface area contributed by atoms with Gasteiger partial charge in [0.2, 0.25) is 5.91 Å². The van der Waals surface area contributed by atoms with E-state index in [1.165, 1.54) is 17.2 Å². The van der Waals surface area contributed by atoms with Gasteiger partial charge in [-0.3, -0.25) is 14.7 Å². The first-order valence-electron chi connectivity index (χ1n) is 13.0. The number of pyridine rings is 2. The fraction of sp³-hybridized carbons (Fsp3) is 0.556. The number of aromatic nitrogens is 2. The van der Waals surface area contributed by atoms with Gasteiger partial charge in [-0.05, 0) is 31.0 Å². The van der Waals surface area contributed by atoms with Gasteiger partial charge in [0.25, 0.3) is 5.92 Å². The number of carbonyl (C=O) groups is 2. The minimum atomic E-state index is -3.07. The van der Waals surface area contributed by atoms with Crippen molar-refractivity contribution in [3.05, 3.63) is 47.4 Å². The third-order valence-corrected chi connectivity index (χ3v) is 7.95. The van der Waals surface area contributed by atoms with Crippen LogP contribution in [0.5, 0.6) is 0 Å². The van der Waals surface area contributed by atoms with Crippen LogP contribution >= 0.6 is 0 Å². The summed E-state index contributed by atoms with van der Waals surface area (Å²) in [6.45, 7) is 8.90. The maximum Gasteiger partial charge on any atom is 0.407 e. The molecule has 0 aromatic carbocycles. The Kier molecular flexibility index (Phi) is 6.53. The maximum atomic E-state index is 14.1. The molecule has 1 saturated heterocycles. The Morgan fingerprint density at radius 2 is 2.00 bits per heavy atom. The smallest absolute Gasteiger partial charge is 0.407 e. The van der Waals surface area contributed by atoms with Crippen LogP contribution in [0.15, 0.2) is 30.6 Å². The summed E-state index contributed by atoms with van der Waals surface area (Å²) in [5.74, 6) is -2.39. The highest BCUT2D eigenvalue weighted by Crippen LogP contribution is 2.41. The second-order valence-corrected chi connectivity index (χ2v) is 11.4. The summed E-state index contributed by atoms with van der Waals surface area (Å²) in [6, 6.07) is 4.80. The molecule has 2 amide bonds. The van der Waals surface area contributed by atoms with E-state index in [-0.39, 0.29) is 36.6 Å². The molecule has 0 spiro atoms. The molecule has 1 fully saturated rings. The highest BCUT2D eigenvalue weighted by Gasteiger charge is 2.43. The Bertz CT molecular complexity index is 1250. The van der Waals surface area contributed by atoms with Gasteiger partial charge in [0.05, 0.1) is 17.9 Å². The zero-order valence-electron chi connectivity index (χ0n) is 22.2. The molecule has 3 aliphatic rings. The van der Waals surface area contributed by atoms with E-state index in [9.17, 15) is 23.5 Å². The standard InChI is InChI=1S/C27H34F2N6O3/c1-17-12-33(20(14-34(17)25(37)38)13-32-9-7-18-6-5-8-30-24(18)32)15-22(36)35-16-26(2,3)23-21(35)10-19(11-31-23)27(4,28)29/h5-6,8,10-11,17,20H,7,9,12-16H2,1-4H3,(H,37,38)/t17-,20+/m1/s1. The van der Waals surface area contributed by atoms with Crippen LogP contribution in [0.4, 0.5) is 25.1 Å². The molecule has 2 aromatic rings. The van der Waals surface area contributed by atoms with Crippen molar-refractivity contribution in [3.8, 4) is 0 Å². The zero-order valence-corrected chi connectivity index (χ0v) is 22.2. The van der Waals surface area contributed by atoms with Gasteiger partial charge in [-0.1, -0.05) is 19.9 Å². The van der Waals surface area contributed by atoms with Crippen LogP contribution in [0.25, 0.3) is 0 Å². The molecule has 0 saturated carbocycles. The molecule has 5 rings (SSSR count). The Morgan fingerprint density at radius 3 is 2.71 bits per heavy atom. The molecule has 5 heterocycles. The second-order valence-electron chi connectivity index (χ2n) is 11.4. The number of nitrogens with zero attached hydrogens (tertiary/aromatic N) is 6. The number of carbonyl (C=O) groups excluding carboxylic acids is 1. The van der Waals surface area contributed by atoms with E-state index < -0.39 is 17.4 Å². The molecule has 0 bridgehead atoms. The lowest BCUT2D eigenvalue weighted by Crippen LogP contribution is -2.63. The number of carboxylic acid groups (broad SMARTS) is 1. The topological polar surface area (TPSA) is 93.1 Å². The normalized spacial score (nSPS) is 22.9. The number of piperazine rings is 1. The molecule has 0 unspecified atom stereocenters. The summed E-state index contributed by atoms with van der Waals surface area (Å²) in [5, 5.41) is 9.78. The van der Waals surface area contributed by atoms with Crippen molar-refractivity contribution < 1.29 is 23.5 Å². The molecule has 3 aliphatic heterocycles. The van der Waals surface area contributed by atoms with Crippen LogP contribution in [-0.4, -0.2) is 88.2 Å². The van der Waals surface area contributed by atoms with Gasteiger partial charge < -0.3 is 19.8 Å². The first-order chi connectivity index (χ1) is 17.8. The third kappa shape index (κ3) is 4.79. The van der Waals surface area contributed by atoms with Gasteiger partial charge in [-0.25, -0.2) is 18.6 Å². The van der Waals surface area contributed by atoms with Gasteiger partial charge >= 0.3 is 6.09 Å². The first kappa shape index (κ1) is 26.3. The predicted octanol–water partition coefficient (Wildman–Crippen LogP) is 3.33. The van der Waals surface area contributed by atoms with Crippen molar-refractivity contribution in [2.45, 2.75) is 57.5 Å². The lowest BCUT2D eigenvalue weighted by Gasteiger charge is -2.45. The fourth-order valence-electron chi connectivity index (χ4n) is 5.90. The van der Waals surface area contributed by atoms with E-state index in [0.717, 1.165) is 31.3 Å². The number of halogens is 2. The largest absolute Gasteiger partial charge is 0.465 e. The number of fused-ring (bicyclic) bond motifs is 2. The summed E-state index contributed by atoms with van der Waals surface area (Å²) in [5.41, 5.74) is 1.49. The van der Waals surface area contributed by atoms with Crippen LogP contribution in [0.3, 0.4) is 0 Å². The van der Waals surface area contributed by atoms with Crippen LogP contribution in [-0.2, 0) is 22.6 Å². The van der Waals surface area contributed by atoms with Crippen molar-refractivity contribution in [2.75, 3.05) is 49.1 Å². The average molecular weight is 529 g/mol. The van der Waals surface area contributed by atoms with E-state index in [1.54, 1.807) is 11.1 Å². The maximum absolute atomic E-state index is 14.1. The number of rotatable bonds is 5. The van der Waals surface area contributed by atoms with E-state index in [1.807, 2.05) is 37.8 Å². The number of amides is 2. The molecular formula is C27H34F2N6O3. The number of alkyl halides is 2. The molecular weight excluding hydrogens is 494 g/mol. The monoisotopic (exact) mass is 528 g/mol. The van der Waals surface area contributed by atoms with Crippen molar-refractivity contribution in [2.24, 2.45) is 0 Å². The number of hydrogen-bond donors (Lipinski definition) is 1. The summed E-state index contributed by atoms with van der Waals surface area (Å²) in [6.07, 6.45) is 2.83. The van der Waals surface area contributed by atoms with Gasteiger partial charge in [-0.2, -0.15) is 0 Å². The second kappa shape index (κ2) is 9.44. The Morgan fingerprint density at radius 1 is 1.24 bits per heavy atom. The van der Waals surface area contributed by atoms with E-state index in [0.29, 0.717) is 31.0 Å². The highest BCUT2D eigenvalue weighted by molar-refractivity contribution is 5.97. The van der Waals surface area contributed by atoms with Crippen molar-refractivity contribution in [1.82, 2.24) is 19.8 Å². The van der Waals surface area contributed by atoms with E-state index in [4.69, 9.17) is 0 Å². The van der Waals surface area contributed by atoms with Crippen molar-refractivity contribution in [1.29, 1.82) is 0 Å². The van der Waals surface area contributed by atoms with Gasteiger partial charge in [0, 0.05) is 75.1 Å². The molecule has 0 aliphatic carbocycles. The third-order valence-electron chi connectivity index (χ3n) is 7.95. The van der Waals surface area contributed by atoms with Crippen molar-refractivity contribution >= 4 is 23.5 Å². The Balaban J connectivity index is 1.40. The Labute approximate surface area is 221 Å². The first-order valence-corrected chi connectivity index (χ1v) is 13.0. The molecule has 2 atom stereocenters. The molecule has 204 valence electrons. The number of hydrogen-bond acceptors (Lipinski definition) is 6. The lowest BCUT2D eigenvalue weighted by molar-refractivity contribution is -0.121. The van der Waals surface area contributed by atoms with Gasteiger partial charge in [-0.15, -0.1) is 0 Å². The predicted molar refractivity (Wildman–Crippen MR) is 139 cm³/mol. The summed E-state index contributed by atoms with van der Waals surface area (Å²) in [4.78, 5) is 41.7. The molecule has 11 heteroatoms. The lowest BCUT2D eigenvalue weighted by atomic mass is 9.91. The Hall–Kier alpha value is -3.34. The minimum absolute atomic E-state index is 0.0493. The van der Waals surface area contributed by atoms with Crippen LogP contribution in [0.1, 0.15) is 44.5 Å². The SMILES string of the molecule is C[C@@H]1CN(CC(=O)N2CC(C)(C)c3ncc(C(C)(F)F)cc32)[C@@H](CN2CCc3cccnc32)CN1C(=O)O. The molecule has 9 nitrogen and oxygen atoms in total. The zero-order chi connectivity index (χ0) is 27.4. The van der Waals surface area contributed by atoms with Gasteiger partial charge in [0.15, 0.2) is 0 Å². The average Bonchev–Trinajstić information content (AvgIpc) is 3.37. The fourth-order valence-corrected chi connectivity index (χ4v) is 5.90. The quantitative estimate of drug-likeness (QED) is 0.637. The van der Waals surface area contributed by atoms with E-state index in [2.05, 4.69) is 14.9 Å². The highest BCUT2D eigenvalue weighted by atomic mass is 19.3. The van der Waals surface area contributed by atoms with Gasteiger partial charge in [0.1, 0.15) is 5.82 Å². The summed E-state index contributed by atoms with van der Waals surface area (Å²) >= 11 is 0. The van der Waals surface area contributed by atoms with Crippen LogP contribution in [0.2, 0.25) is 0 Å². The molecule has 38 heavy (non-hydrogen) atoms. The van der Waals surface area contributed by atoms with E-state index >= 15 is 0 Å².